The summed E-state index contributed by atoms with van der Waals surface area (Å²) in [5.74, 6) is -2.24. The molecular formula is C4H8N2O4. The van der Waals surface area contributed by atoms with Crippen LogP contribution in [0.5, 0.6) is 0 Å². The molecule has 1 fully saturated rings. The molecule has 0 aromatic carbocycles. The lowest BCUT2D eigenvalue weighted by Crippen LogP contribution is -2.47. The van der Waals surface area contributed by atoms with Crippen molar-refractivity contribution >= 4 is 6.03 Å². The molecule has 6 heteroatoms. The first-order chi connectivity index (χ1) is 4.58. The standard InChI is InChI=1S/C4H8N2O4/c7-2-6-3(8)5-1-4(6,9)10/h7,9-10H,1-2H2,(H,5,8). The molecule has 1 aliphatic rings. The maximum atomic E-state index is 10.6. The SMILES string of the molecule is O=C1NCC(O)(O)N1CO. The number of nitrogens with zero attached hydrogens (tertiary/aromatic N) is 1. The molecule has 0 aromatic rings. The Kier molecular flexibility index (Phi) is 1.51. The Morgan fingerprint density at radius 1 is 1.70 bits per heavy atom. The summed E-state index contributed by atoms with van der Waals surface area (Å²) in [6.45, 7) is -0.995. The van der Waals surface area contributed by atoms with Crippen LogP contribution in [0, 0.1) is 0 Å². The molecule has 1 aliphatic heterocycles. The van der Waals surface area contributed by atoms with Gasteiger partial charge in [-0.3, -0.25) is 0 Å². The number of aliphatic hydroxyl groups is 3. The zero-order valence-corrected chi connectivity index (χ0v) is 5.11. The highest BCUT2D eigenvalue weighted by Gasteiger charge is 2.41. The molecule has 0 bridgehead atoms. The highest BCUT2D eigenvalue weighted by molar-refractivity contribution is 5.76. The van der Waals surface area contributed by atoms with Crippen LogP contribution < -0.4 is 5.32 Å². The van der Waals surface area contributed by atoms with Gasteiger partial charge in [0.15, 0.2) is 0 Å². The molecule has 1 rings (SSSR count). The molecule has 10 heavy (non-hydrogen) atoms. The maximum absolute atomic E-state index is 10.6. The predicted molar refractivity (Wildman–Crippen MR) is 29.5 cm³/mol. The summed E-state index contributed by atoms with van der Waals surface area (Å²) in [6.07, 6.45) is 0. The Morgan fingerprint density at radius 3 is 2.50 bits per heavy atom. The Bertz CT molecular complexity index is 157. The summed E-state index contributed by atoms with van der Waals surface area (Å²) in [5.41, 5.74) is 0. The molecule has 0 aliphatic carbocycles. The number of carbonyl (C=O) groups is 1. The van der Waals surface area contributed by atoms with Crippen molar-refractivity contribution in [2.45, 2.75) is 5.91 Å². The van der Waals surface area contributed by atoms with Crippen LogP contribution in [-0.2, 0) is 0 Å². The Labute approximate surface area is 56.7 Å². The zero-order valence-electron chi connectivity index (χ0n) is 5.11. The second-order valence-electron chi connectivity index (χ2n) is 2.00. The number of amides is 2. The molecule has 1 heterocycles. The molecule has 0 unspecified atom stereocenters. The molecular weight excluding hydrogens is 140 g/mol. The van der Waals surface area contributed by atoms with Crippen LogP contribution in [0.2, 0.25) is 0 Å². The van der Waals surface area contributed by atoms with E-state index in [1.165, 1.54) is 0 Å². The highest BCUT2D eigenvalue weighted by Crippen LogP contribution is 2.11. The highest BCUT2D eigenvalue weighted by atomic mass is 16.5. The van der Waals surface area contributed by atoms with Crippen LogP contribution in [-0.4, -0.2) is 45.4 Å². The van der Waals surface area contributed by atoms with Crippen molar-refractivity contribution in [3.63, 3.8) is 0 Å². The van der Waals surface area contributed by atoms with E-state index in [-0.39, 0.29) is 6.54 Å². The third-order valence-electron chi connectivity index (χ3n) is 1.30. The molecule has 0 atom stereocenters. The lowest BCUT2D eigenvalue weighted by Gasteiger charge is -2.23. The maximum Gasteiger partial charge on any atom is 0.323 e. The van der Waals surface area contributed by atoms with Crippen molar-refractivity contribution in [2.24, 2.45) is 0 Å². The van der Waals surface area contributed by atoms with Crippen LogP contribution in [0.3, 0.4) is 0 Å². The van der Waals surface area contributed by atoms with E-state index < -0.39 is 18.7 Å². The number of aliphatic hydroxyl groups excluding tert-OH is 1. The lowest BCUT2D eigenvalue weighted by atomic mass is 10.5. The largest absolute Gasteiger partial charge is 0.376 e. The monoisotopic (exact) mass is 148 g/mol. The van der Waals surface area contributed by atoms with Gasteiger partial charge in [0.05, 0.1) is 6.54 Å². The molecule has 2 amide bonds. The van der Waals surface area contributed by atoms with Crippen LogP contribution in [0.25, 0.3) is 0 Å². The Morgan fingerprint density at radius 2 is 2.30 bits per heavy atom. The van der Waals surface area contributed by atoms with Crippen LogP contribution in [0.4, 0.5) is 4.79 Å². The minimum atomic E-state index is -2.24. The van der Waals surface area contributed by atoms with Gasteiger partial charge in [0.1, 0.15) is 6.73 Å². The zero-order chi connectivity index (χ0) is 7.78. The van der Waals surface area contributed by atoms with Crippen molar-refractivity contribution < 1.29 is 20.1 Å². The van der Waals surface area contributed by atoms with Gasteiger partial charge in [-0.1, -0.05) is 0 Å². The average Bonchev–Trinajstić information content (AvgIpc) is 2.07. The Hall–Kier alpha value is -0.850. The summed E-state index contributed by atoms with van der Waals surface area (Å²) >= 11 is 0. The van der Waals surface area contributed by atoms with Gasteiger partial charge < -0.3 is 20.6 Å². The summed E-state index contributed by atoms with van der Waals surface area (Å²) in [6, 6.07) is -0.687. The van der Waals surface area contributed by atoms with Gasteiger partial charge in [-0.2, -0.15) is 0 Å². The van der Waals surface area contributed by atoms with Crippen molar-refractivity contribution in [1.82, 2.24) is 10.2 Å². The third kappa shape index (κ3) is 0.919. The van der Waals surface area contributed by atoms with E-state index in [4.69, 9.17) is 15.3 Å². The molecule has 4 N–H and O–H groups in total. The average molecular weight is 148 g/mol. The first kappa shape index (κ1) is 7.26. The summed E-state index contributed by atoms with van der Waals surface area (Å²) in [5, 5.41) is 28.3. The van der Waals surface area contributed by atoms with E-state index in [1.807, 2.05) is 0 Å². The molecule has 0 radical (unpaired) electrons. The number of urea groups is 1. The topological polar surface area (TPSA) is 93.0 Å². The van der Waals surface area contributed by atoms with E-state index in [9.17, 15) is 4.79 Å². The molecule has 1 saturated heterocycles. The van der Waals surface area contributed by atoms with Gasteiger partial charge in [0.25, 0.3) is 5.91 Å². The van der Waals surface area contributed by atoms with E-state index in [0.717, 1.165) is 0 Å². The van der Waals surface area contributed by atoms with E-state index in [0.29, 0.717) is 4.90 Å². The van der Waals surface area contributed by atoms with Gasteiger partial charge >= 0.3 is 6.03 Å². The lowest BCUT2D eigenvalue weighted by molar-refractivity contribution is -0.236. The van der Waals surface area contributed by atoms with Gasteiger partial charge in [-0.25, -0.2) is 9.69 Å². The number of hydrogen-bond acceptors (Lipinski definition) is 4. The smallest absolute Gasteiger partial charge is 0.323 e. The molecule has 58 valence electrons. The van der Waals surface area contributed by atoms with Gasteiger partial charge in [0, 0.05) is 0 Å². The number of rotatable bonds is 1. The minimum absolute atomic E-state index is 0.285. The number of nitrogens with one attached hydrogen (secondary N) is 1. The third-order valence-corrected chi connectivity index (χ3v) is 1.30. The molecule has 0 saturated carbocycles. The normalized spacial score (nSPS) is 23.1. The van der Waals surface area contributed by atoms with Crippen molar-refractivity contribution in [1.29, 1.82) is 0 Å². The molecule has 6 nitrogen and oxygen atoms in total. The van der Waals surface area contributed by atoms with Gasteiger partial charge in [-0.05, 0) is 0 Å². The van der Waals surface area contributed by atoms with Crippen molar-refractivity contribution in [3.8, 4) is 0 Å². The summed E-state index contributed by atoms with van der Waals surface area (Å²) in [7, 11) is 0. The fourth-order valence-corrected chi connectivity index (χ4v) is 0.725. The quantitative estimate of drug-likeness (QED) is 0.312. The van der Waals surface area contributed by atoms with Gasteiger partial charge in [-0.15, -0.1) is 0 Å². The number of carbonyl (C=O) groups excluding carboxylic acids is 1. The molecule has 0 spiro atoms. The summed E-state index contributed by atoms with van der Waals surface area (Å²) < 4.78 is 0. The second kappa shape index (κ2) is 2.08. The first-order valence-electron chi connectivity index (χ1n) is 2.69. The van der Waals surface area contributed by atoms with Crippen LogP contribution in [0.15, 0.2) is 0 Å². The van der Waals surface area contributed by atoms with Crippen molar-refractivity contribution in [2.75, 3.05) is 13.3 Å². The number of hydrogen-bond donors (Lipinski definition) is 4. The van der Waals surface area contributed by atoms with Crippen LogP contribution >= 0.6 is 0 Å². The minimum Gasteiger partial charge on any atom is -0.376 e. The summed E-state index contributed by atoms with van der Waals surface area (Å²) in [4.78, 5) is 11.1. The first-order valence-corrected chi connectivity index (χ1v) is 2.69. The van der Waals surface area contributed by atoms with E-state index in [2.05, 4.69) is 5.32 Å². The van der Waals surface area contributed by atoms with Crippen LogP contribution in [0.1, 0.15) is 0 Å². The van der Waals surface area contributed by atoms with Gasteiger partial charge in [0.2, 0.25) is 0 Å². The van der Waals surface area contributed by atoms with E-state index in [1.54, 1.807) is 0 Å². The predicted octanol–water partition coefficient (Wildman–Crippen LogP) is -2.40. The second-order valence-corrected chi connectivity index (χ2v) is 2.00. The van der Waals surface area contributed by atoms with E-state index >= 15 is 0 Å². The number of β-amino-alcohol motifs (C(OH)–C–C–N with tert-alkyl or cyclic N) is 2. The van der Waals surface area contributed by atoms with Crippen molar-refractivity contribution in [3.05, 3.63) is 0 Å². The fourth-order valence-electron chi connectivity index (χ4n) is 0.725. The molecule has 0 aromatic heterocycles. The Balaban J connectivity index is 2.73. The fraction of sp³-hybridized carbons (Fsp3) is 0.750.